The molecule has 3 heterocycles. The predicted molar refractivity (Wildman–Crippen MR) is 132 cm³/mol. The van der Waals surface area contributed by atoms with E-state index in [0.29, 0.717) is 30.1 Å². The van der Waals surface area contributed by atoms with E-state index in [1.54, 1.807) is 13.1 Å². The topological polar surface area (TPSA) is 79.9 Å². The van der Waals surface area contributed by atoms with Gasteiger partial charge in [-0.1, -0.05) is 30.0 Å². The van der Waals surface area contributed by atoms with Gasteiger partial charge in [-0.15, -0.1) is 0 Å². The number of nitrogens with zero attached hydrogens (tertiary/aromatic N) is 1. The number of benzene rings is 2. The number of rotatable bonds is 4. The number of nitrogens with one attached hydrogen (secondary N) is 2. The number of allylic oxidation sites excluding steroid dienone is 1. The molecule has 2 amide bonds. The quantitative estimate of drug-likeness (QED) is 0.651. The van der Waals surface area contributed by atoms with E-state index in [1.165, 1.54) is 11.8 Å². The van der Waals surface area contributed by atoms with Crippen molar-refractivity contribution < 1.29 is 19.1 Å². The van der Waals surface area contributed by atoms with E-state index >= 15 is 0 Å². The van der Waals surface area contributed by atoms with Crippen LogP contribution in [0.25, 0.3) is 5.57 Å². The van der Waals surface area contributed by atoms with Crippen molar-refractivity contribution in [1.29, 1.82) is 0 Å². The van der Waals surface area contributed by atoms with Crippen LogP contribution >= 0.6 is 11.8 Å². The fourth-order valence-electron chi connectivity index (χ4n) is 4.52. The fourth-order valence-corrected chi connectivity index (χ4v) is 5.50. The van der Waals surface area contributed by atoms with Gasteiger partial charge in [0.15, 0.2) is 0 Å². The number of anilines is 1. The molecule has 176 valence electrons. The van der Waals surface area contributed by atoms with Gasteiger partial charge in [-0.25, -0.2) is 0 Å². The summed E-state index contributed by atoms with van der Waals surface area (Å²) in [7, 11) is 1.62. The Labute approximate surface area is 203 Å². The maximum atomic E-state index is 13.0. The minimum atomic E-state index is -0.526. The summed E-state index contributed by atoms with van der Waals surface area (Å²) in [5, 5.41) is 5.67. The van der Waals surface area contributed by atoms with Gasteiger partial charge in [0, 0.05) is 41.6 Å². The zero-order valence-corrected chi connectivity index (χ0v) is 20.3. The Morgan fingerprint density at radius 1 is 1.15 bits per heavy atom. The highest BCUT2D eigenvalue weighted by molar-refractivity contribution is 7.99. The number of morpholine rings is 1. The standard InChI is InChI=1S/C26H27N3O4S/c1-26(2)22(29-10-12-32-13-11-29)15-20(33-26)23-17-9-8-16(14-19(17)28-25(23)31)34-21-7-5-4-6-18(21)24(30)27-3/h4-9,14-15H,10-13H2,1-3H3,(H,27,30)(H,28,31)/b23-20+. The lowest BCUT2D eigenvalue weighted by Crippen LogP contribution is -2.41. The molecular formula is C26H27N3O4S. The lowest BCUT2D eigenvalue weighted by atomic mass is 10.0. The molecule has 0 aromatic heterocycles. The molecule has 0 aliphatic carbocycles. The summed E-state index contributed by atoms with van der Waals surface area (Å²) in [6.45, 7) is 7.04. The first-order valence-corrected chi connectivity index (χ1v) is 12.1. The highest BCUT2D eigenvalue weighted by atomic mass is 32.2. The minimum absolute atomic E-state index is 0.131. The van der Waals surface area contributed by atoms with E-state index in [4.69, 9.17) is 9.47 Å². The molecule has 0 radical (unpaired) electrons. The van der Waals surface area contributed by atoms with Crippen LogP contribution < -0.4 is 10.6 Å². The summed E-state index contributed by atoms with van der Waals surface area (Å²) in [5.41, 5.74) is 3.27. The van der Waals surface area contributed by atoms with Crippen LogP contribution in [0.3, 0.4) is 0 Å². The maximum Gasteiger partial charge on any atom is 0.260 e. The van der Waals surface area contributed by atoms with Crippen molar-refractivity contribution in [3.63, 3.8) is 0 Å². The van der Waals surface area contributed by atoms with Crippen LogP contribution in [0.5, 0.6) is 0 Å². The molecule has 0 spiro atoms. The Hall–Kier alpha value is -3.23. The van der Waals surface area contributed by atoms with Crippen molar-refractivity contribution in [3.8, 4) is 0 Å². The van der Waals surface area contributed by atoms with Gasteiger partial charge in [-0.3, -0.25) is 9.59 Å². The molecule has 2 aromatic carbocycles. The summed E-state index contributed by atoms with van der Waals surface area (Å²) in [5.74, 6) is 0.287. The normalized spacial score (nSPS) is 21.0. The third-order valence-electron chi connectivity index (χ3n) is 6.17. The van der Waals surface area contributed by atoms with Gasteiger partial charge in [0.05, 0.1) is 35.7 Å². The zero-order valence-electron chi connectivity index (χ0n) is 19.4. The number of carbonyl (C=O) groups excluding carboxylic acids is 2. The summed E-state index contributed by atoms with van der Waals surface area (Å²) in [6, 6.07) is 13.3. The van der Waals surface area contributed by atoms with Crippen molar-refractivity contribution in [2.24, 2.45) is 0 Å². The number of hydrogen-bond donors (Lipinski definition) is 2. The van der Waals surface area contributed by atoms with E-state index in [9.17, 15) is 9.59 Å². The van der Waals surface area contributed by atoms with Gasteiger partial charge in [-0.2, -0.15) is 0 Å². The number of carbonyl (C=O) groups is 2. The first kappa shape index (κ1) is 22.6. The van der Waals surface area contributed by atoms with E-state index in [2.05, 4.69) is 15.5 Å². The summed E-state index contributed by atoms with van der Waals surface area (Å²) < 4.78 is 11.8. The van der Waals surface area contributed by atoms with Crippen molar-refractivity contribution in [2.45, 2.75) is 29.2 Å². The van der Waals surface area contributed by atoms with Gasteiger partial charge < -0.3 is 25.0 Å². The first-order valence-electron chi connectivity index (χ1n) is 11.3. The second-order valence-electron chi connectivity index (χ2n) is 8.82. The van der Waals surface area contributed by atoms with Crippen LogP contribution in [0, 0.1) is 0 Å². The Bertz CT molecular complexity index is 1230. The molecule has 0 bridgehead atoms. The number of ether oxygens (including phenoxy) is 2. The highest BCUT2D eigenvalue weighted by Gasteiger charge is 2.40. The van der Waals surface area contributed by atoms with Crippen LogP contribution in [-0.2, 0) is 14.3 Å². The van der Waals surface area contributed by atoms with Gasteiger partial charge in [-0.05, 0) is 38.1 Å². The number of hydrogen-bond acceptors (Lipinski definition) is 6. The van der Waals surface area contributed by atoms with E-state index in [-0.39, 0.29) is 11.8 Å². The second-order valence-corrected chi connectivity index (χ2v) is 9.93. The van der Waals surface area contributed by atoms with Crippen molar-refractivity contribution in [1.82, 2.24) is 10.2 Å². The van der Waals surface area contributed by atoms with E-state index < -0.39 is 5.60 Å². The summed E-state index contributed by atoms with van der Waals surface area (Å²) in [6.07, 6.45) is 2.00. The molecule has 5 rings (SSSR count). The van der Waals surface area contributed by atoms with E-state index in [1.807, 2.05) is 56.3 Å². The lowest BCUT2D eigenvalue weighted by Gasteiger charge is -2.35. The molecule has 2 aromatic rings. The molecule has 2 N–H and O–H groups in total. The van der Waals surface area contributed by atoms with Gasteiger partial charge in [0.1, 0.15) is 11.4 Å². The number of fused-ring (bicyclic) bond motifs is 1. The van der Waals surface area contributed by atoms with Gasteiger partial charge >= 0.3 is 0 Å². The summed E-state index contributed by atoms with van der Waals surface area (Å²) in [4.78, 5) is 29.3. The molecule has 7 nitrogen and oxygen atoms in total. The fraction of sp³-hybridized carbons (Fsp3) is 0.308. The third kappa shape index (κ3) is 4.08. The highest BCUT2D eigenvalue weighted by Crippen LogP contribution is 2.43. The van der Waals surface area contributed by atoms with Crippen LogP contribution in [0.15, 0.2) is 69.8 Å². The Kier molecular flexibility index (Phi) is 5.87. The molecule has 0 saturated carbocycles. The third-order valence-corrected chi connectivity index (χ3v) is 7.24. The van der Waals surface area contributed by atoms with Crippen LogP contribution in [0.1, 0.15) is 29.8 Å². The van der Waals surface area contributed by atoms with Gasteiger partial charge in [0.25, 0.3) is 11.8 Å². The van der Waals surface area contributed by atoms with Crippen molar-refractivity contribution in [2.75, 3.05) is 38.7 Å². The zero-order chi connectivity index (χ0) is 23.9. The van der Waals surface area contributed by atoms with Crippen LogP contribution in [0.4, 0.5) is 5.69 Å². The first-order chi connectivity index (χ1) is 16.4. The minimum Gasteiger partial charge on any atom is -0.481 e. The van der Waals surface area contributed by atoms with Crippen molar-refractivity contribution in [3.05, 3.63) is 71.1 Å². The van der Waals surface area contributed by atoms with Gasteiger partial charge in [0.2, 0.25) is 0 Å². The second kappa shape index (κ2) is 8.85. The molecule has 8 heteroatoms. The SMILES string of the molecule is CNC(=O)c1ccccc1Sc1ccc2c(c1)NC(=O)/C2=C1\C=C(N2CCOCC2)C(C)(C)O1. The molecule has 3 aliphatic heterocycles. The van der Waals surface area contributed by atoms with Crippen LogP contribution in [0.2, 0.25) is 0 Å². The largest absolute Gasteiger partial charge is 0.481 e. The predicted octanol–water partition coefficient (Wildman–Crippen LogP) is 3.89. The molecule has 34 heavy (non-hydrogen) atoms. The average molecular weight is 478 g/mol. The molecule has 1 fully saturated rings. The monoisotopic (exact) mass is 477 g/mol. The van der Waals surface area contributed by atoms with E-state index in [0.717, 1.165) is 39.8 Å². The summed E-state index contributed by atoms with van der Waals surface area (Å²) >= 11 is 1.49. The molecular weight excluding hydrogens is 450 g/mol. The Morgan fingerprint density at radius 2 is 1.91 bits per heavy atom. The average Bonchev–Trinajstić information content (AvgIpc) is 3.33. The smallest absolute Gasteiger partial charge is 0.260 e. The Morgan fingerprint density at radius 3 is 2.68 bits per heavy atom. The molecule has 3 aliphatic rings. The molecule has 0 atom stereocenters. The number of amides is 2. The van der Waals surface area contributed by atoms with Crippen LogP contribution in [-0.4, -0.2) is 55.7 Å². The lowest BCUT2D eigenvalue weighted by molar-refractivity contribution is -0.111. The maximum absolute atomic E-state index is 13.0. The molecule has 1 saturated heterocycles. The Balaban J connectivity index is 1.47. The van der Waals surface area contributed by atoms with Crippen molar-refractivity contribution >= 4 is 34.8 Å². The molecule has 0 unspecified atom stereocenters.